The van der Waals surface area contributed by atoms with Crippen LogP contribution in [-0.2, 0) is 19.4 Å². The molecule has 1 saturated heterocycles. The number of amides is 2. The van der Waals surface area contributed by atoms with E-state index in [4.69, 9.17) is 19.4 Å². The van der Waals surface area contributed by atoms with Crippen LogP contribution in [0.4, 0.5) is 0 Å². The van der Waals surface area contributed by atoms with E-state index in [0.717, 1.165) is 0 Å². The number of para-hydroxylation sites is 1. The topological polar surface area (TPSA) is 140 Å². The number of hydrogen-bond donors (Lipinski definition) is 3. The number of benzene rings is 2. The molecular formula is C23H28N2O8S. The van der Waals surface area contributed by atoms with Crippen LogP contribution in [0.3, 0.4) is 0 Å². The Kier molecular flexibility index (Phi) is 8.48. The van der Waals surface area contributed by atoms with Crippen LogP contribution in [0, 0.1) is 0 Å². The van der Waals surface area contributed by atoms with Gasteiger partial charge >= 0.3 is 0 Å². The minimum atomic E-state index is -4.09. The van der Waals surface area contributed by atoms with Crippen LogP contribution in [0.1, 0.15) is 29.6 Å². The van der Waals surface area contributed by atoms with Gasteiger partial charge in [0.25, 0.3) is 11.8 Å². The van der Waals surface area contributed by atoms with Crippen molar-refractivity contribution >= 4 is 21.7 Å². The Morgan fingerprint density at radius 2 is 1.76 bits per heavy atom. The molecule has 2 aromatic rings. The maximum Gasteiger partial charge on any atom is 0.265 e. The average Bonchev–Trinajstić information content (AvgIpc) is 2.88. The molecule has 0 atom stereocenters. The molecule has 34 heavy (non-hydrogen) atoms. The van der Waals surface area contributed by atoms with Crippen molar-refractivity contribution < 1.29 is 37.4 Å². The normalized spacial score (nSPS) is 15.2. The van der Waals surface area contributed by atoms with E-state index in [0.29, 0.717) is 36.6 Å². The number of rotatable bonds is 10. The Morgan fingerprint density at radius 3 is 2.41 bits per heavy atom. The monoisotopic (exact) mass is 492 g/mol. The third-order valence-corrected chi connectivity index (χ3v) is 8.21. The van der Waals surface area contributed by atoms with Crippen molar-refractivity contribution in [3.8, 4) is 11.5 Å². The molecule has 10 nitrogen and oxygen atoms in total. The number of ether oxygens (including phenoxy) is 3. The summed E-state index contributed by atoms with van der Waals surface area (Å²) in [7, 11) is -2.59. The molecule has 2 aromatic carbocycles. The van der Waals surface area contributed by atoms with Crippen molar-refractivity contribution in [3.05, 3.63) is 54.1 Å². The molecule has 0 aliphatic carbocycles. The molecule has 3 N–H and O–H groups in total. The summed E-state index contributed by atoms with van der Waals surface area (Å²) in [6.07, 6.45) is 0.418. The summed E-state index contributed by atoms with van der Waals surface area (Å²) in [6, 6.07) is 12.7. The van der Waals surface area contributed by atoms with Gasteiger partial charge < -0.3 is 19.5 Å². The quantitative estimate of drug-likeness (QED) is 0.259. The van der Waals surface area contributed by atoms with Gasteiger partial charge in [0.15, 0.2) is 14.6 Å². The van der Waals surface area contributed by atoms with Gasteiger partial charge in [0.2, 0.25) is 0 Å². The van der Waals surface area contributed by atoms with Gasteiger partial charge in [0.1, 0.15) is 11.5 Å². The van der Waals surface area contributed by atoms with Gasteiger partial charge in [-0.05, 0) is 55.7 Å². The van der Waals surface area contributed by atoms with Gasteiger partial charge in [-0.25, -0.2) is 13.9 Å². The molecule has 0 aromatic heterocycles. The van der Waals surface area contributed by atoms with E-state index in [1.165, 1.54) is 36.9 Å². The standard InChI is InChI=1S/C23H28N2O8S/c1-31-20-6-3-2-5-19(20)21(26)24-13-4-14-33-17-7-9-18(10-8-17)34(29,30)23(22(27)25-28)11-15-32-16-12-23/h2-3,5-10,28H,4,11-16H2,1H3,(H,24,26)(H,25,27). The Labute approximate surface area is 198 Å². The van der Waals surface area contributed by atoms with Gasteiger partial charge in [-0.3, -0.25) is 14.8 Å². The van der Waals surface area contributed by atoms with E-state index >= 15 is 0 Å². The molecule has 1 aliphatic heterocycles. The Hall–Kier alpha value is -3.15. The minimum Gasteiger partial charge on any atom is -0.496 e. The second-order valence-electron chi connectivity index (χ2n) is 7.68. The van der Waals surface area contributed by atoms with Crippen LogP contribution in [0.15, 0.2) is 53.4 Å². The summed E-state index contributed by atoms with van der Waals surface area (Å²) in [4.78, 5) is 24.5. The molecule has 2 amide bonds. The van der Waals surface area contributed by atoms with Crippen molar-refractivity contribution in [2.24, 2.45) is 0 Å². The van der Waals surface area contributed by atoms with Crippen LogP contribution in [-0.4, -0.2) is 63.7 Å². The molecule has 0 bridgehead atoms. The van der Waals surface area contributed by atoms with Crippen LogP contribution < -0.4 is 20.3 Å². The fourth-order valence-electron chi connectivity index (χ4n) is 3.75. The smallest absolute Gasteiger partial charge is 0.265 e. The largest absolute Gasteiger partial charge is 0.496 e. The lowest BCUT2D eigenvalue weighted by Crippen LogP contribution is -2.54. The summed E-state index contributed by atoms with van der Waals surface area (Å²) in [6.45, 7) is 0.875. The number of hydroxylamine groups is 1. The lowest BCUT2D eigenvalue weighted by molar-refractivity contribution is -0.134. The van der Waals surface area contributed by atoms with E-state index in [1.54, 1.807) is 24.3 Å². The minimum absolute atomic E-state index is 0.0468. The third-order valence-electron chi connectivity index (χ3n) is 5.69. The van der Waals surface area contributed by atoms with Gasteiger partial charge in [-0.15, -0.1) is 0 Å². The first-order valence-electron chi connectivity index (χ1n) is 10.8. The van der Waals surface area contributed by atoms with Gasteiger partial charge in [0, 0.05) is 19.8 Å². The molecule has 1 heterocycles. The lowest BCUT2D eigenvalue weighted by Gasteiger charge is -2.34. The maximum atomic E-state index is 13.2. The summed E-state index contributed by atoms with van der Waals surface area (Å²) >= 11 is 0. The summed E-state index contributed by atoms with van der Waals surface area (Å²) in [5.41, 5.74) is 1.94. The van der Waals surface area contributed by atoms with E-state index < -0.39 is 20.5 Å². The fourth-order valence-corrected chi connectivity index (χ4v) is 5.69. The highest BCUT2D eigenvalue weighted by atomic mass is 32.2. The molecule has 0 radical (unpaired) electrons. The summed E-state index contributed by atoms with van der Waals surface area (Å²) in [5, 5.41) is 11.9. The Bertz CT molecular complexity index is 1100. The molecular weight excluding hydrogens is 464 g/mol. The number of carbonyl (C=O) groups excluding carboxylic acids is 2. The van der Waals surface area contributed by atoms with Crippen molar-refractivity contribution in [1.82, 2.24) is 10.8 Å². The van der Waals surface area contributed by atoms with Crippen LogP contribution in [0.2, 0.25) is 0 Å². The Balaban J connectivity index is 1.54. The SMILES string of the molecule is COc1ccccc1C(=O)NCCCOc1ccc(S(=O)(=O)C2(C(=O)NO)CCOCC2)cc1. The van der Waals surface area contributed by atoms with E-state index in [9.17, 15) is 18.0 Å². The van der Waals surface area contributed by atoms with Crippen LogP contribution in [0.5, 0.6) is 11.5 Å². The number of hydrogen-bond acceptors (Lipinski definition) is 8. The van der Waals surface area contributed by atoms with Crippen molar-refractivity contribution in [2.75, 3.05) is 33.5 Å². The first kappa shape index (κ1) is 25.5. The summed E-state index contributed by atoms with van der Waals surface area (Å²) in [5.74, 6) is -0.278. The molecule has 0 saturated carbocycles. The summed E-state index contributed by atoms with van der Waals surface area (Å²) < 4.78 is 40.7. The van der Waals surface area contributed by atoms with Gasteiger partial charge in [0.05, 0.1) is 24.2 Å². The fraction of sp³-hybridized carbons (Fsp3) is 0.391. The molecule has 3 rings (SSSR count). The zero-order valence-corrected chi connectivity index (χ0v) is 19.6. The predicted molar refractivity (Wildman–Crippen MR) is 122 cm³/mol. The van der Waals surface area contributed by atoms with Crippen molar-refractivity contribution in [3.63, 3.8) is 0 Å². The maximum absolute atomic E-state index is 13.2. The highest BCUT2D eigenvalue weighted by Crippen LogP contribution is 2.35. The zero-order chi connectivity index (χ0) is 24.6. The van der Waals surface area contributed by atoms with Gasteiger partial charge in [-0.1, -0.05) is 12.1 Å². The van der Waals surface area contributed by atoms with Crippen LogP contribution in [0.25, 0.3) is 0 Å². The number of carbonyl (C=O) groups is 2. The first-order chi connectivity index (χ1) is 16.4. The molecule has 11 heteroatoms. The van der Waals surface area contributed by atoms with E-state index in [-0.39, 0.29) is 36.9 Å². The predicted octanol–water partition coefficient (Wildman–Crippen LogP) is 1.72. The third kappa shape index (κ3) is 5.32. The molecule has 184 valence electrons. The second-order valence-corrected chi connectivity index (χ2v) is 9.94. The zero-order valence-electron chi connectivity index (χ0n) is 18.8. The highest BCUT2D eigenvalue weighted by molar-refractivity contribution is 7.93. The average molecular weight is 493 g/mol. The number of nitrogens with one attached hydrogen (secondary N) is 2. The number of methoxy groups -OCH3 is 1. The molecule has 0 spiro atoms. The second kappa shape index (κ2) is 11.3. The van der Waals surface area contributed by atoms with Crippen molar-refractivity contribution in [2.45, 2.75) is 28.9 Å². The Morgan fingerprint density at radius 1 is 1.09 bits per heavy atom. The van der Waals surface area contributed by atoms with Crippen LogP contribution >= 0.6 is 0 Å². The molecule has 1 aliphatic rings. The van der Waals surface area contributed by atoms with Gasteiger partial charge in [-0.2, -0.15) is 0 Å². The lowest BCUT2D eigenvalue weighted by atomic mass is 9.98. The van der Waals surface area contributed by atoms with E-state index in [1.807, 2.05) is 0 Å². The number of sulfone groups is 1. The molecule has 0 unspecified atom stereocenters. The van der Waals surface area contributed by atoms with E-state index in [2.05, 4.69) is 5.32 Å². The van der Waals surface area contributed by atoms with Crippen molar-refractivity contribution in [1.29, 1.82) is 0 Å². The molecule has 1 fully saturated rings. The highest BCUT2D eigenvalue weighted by Gasteiger charge is 2.52. The first-order valence-corrected chi connectivity index (χ1v) is 12.2.